The fraction of sp³-hybridized carbons (Fsp3) is 0.222. The van der Waals surface area contributed by atoms with E-state index < -0.39 is 11.5 Å². The van der Waals surface area contributed by atoms with Crippen molar-refractivity contribution in [2.45, 2.75) is 13.3 Å². The minimum Gasteiger partial charge on any atom is -0.461 e. The Morgan fingerprint density at radius 1 is 1.36 bits per heavy atom. The molecule has 1 amide bonds. The molecule has 3 rings (SSSR count). The molecule has 0 aliphatic heterocycles. The molecule has 0 fully saturated rings. The van der Waals surface area contributed by atoms with Crippen molar-refractivity contribution in [3.63, 3.8) is 0 Å². The van der Waals surface area contributed by atoms with Crippen LogP contribution in [0.25, 0.3) is 16.5 Å². The Hall–Kier alpha value is -2.42. The van der Waals surface area contributed by atoms with E-state index in [9.17, 15) is 14.4 Å². The Kier molecular flexibility index (Phi) is 6.33. The molecule has 0 unspecified atom stereocenters. The van der Waals surface area contributed by atoms with Crippen LogP contribution < -0.4 is 10.9 Å². The molecule has 146 valence electrons. The summed E-state index contributed by atoms with van der Waals surface area (Å²) < 4.78 is 6.15. The molecule has 0 atom stereocenters. The number of anilines is 1. The summed E-state index contributed by atoms with van der Waals surface area (Å²) in [6.45, 7) is 1.83. The number of nitrogens with zero attached hydrogens (tertiary/aromatic N) is 2. The van der Waals surface area contributed by atoms with Crippen LogP contribution in [0.15, 0.2) is 34.4 Å². The minimum absolute atomic E-state index is 0.0227. The molecule has 0 aliphatic rings. The first kappa shape index (κ1) is 20.3. The number of hydrogen-bond donors (Lipinski definition) is 1. The summed E-state index contributed by atoms with van der Waals surface area (Å²) >= 11 is 12.8. The molecule has 7 nitrogen and oxygen atoms in total. The number of carbonyl (C=O) groups excluding carboxylic acids is 2. The highest BCUT2D eigenvalue weighted by atomic mass is 35.5. The largest absolute Gasteiger partial charge is 0.461 e. The first-order chi connectivity index (χ1) is 13.5. The lowest BCUT2D eigenvalue weighted by molar-refractivity contribution is -0.115. The zero-order chi connectivity index (χ0) is 20.3. The van der Waals surface area contributed by atoms with E-state index in [4.69, 9.17) is 27.9 Å². The van der Waals surface area contributed by atoms with Gasteiger partial charge in [0.15, 0.2) is 5.69 Å². The van der Waals surface area contributed by atoms with Gasteiger partial charge in [-0.3, -0.25) is 9.59 Å². The molecule has 1 aromatic carbocycles. The fourth-order valence-corrected chi connectivity index (χ4v) is 3.86. The molecule has 0 bridgehead atoms. The molecule has 0 spiro atoms. The molecule has 10 heteroatoms. The van der Waals surface area contributed by atoms with E-state index in [1.165, 1.54) is 0 Å². The van der Waals surface area contributed by atoms with Crippen LogP contribution in [0, 0.1) is 0 Å². The SMILES string of the molecule is CCOC(=O)c1nn(-c2cccc(Cl)c2)c(=O)c2c(NC(=O)CCCl)scc12. The number of aromatic nitrogens is 2. The monoisotopic (exact) mass is 439 g/mol. The third-order valence-electron chi connectivity index (χ3n) is 3.75. The van der Waals surface area contributed by atoms with Crippen LogP contribution in [0.2, 0.25) is 5.02 Å². The summed E-state index contributed by atoms with van der Waals surface area (Å²) in [5.41, 5.74) is -0.132. The van der Waals surface area contributed by atoms with E-state index >= 15 is 0 Å². The van der Waals surface area contributed by atoms with Gasteiger partial charge in [0.05, 0.1) is 17.7 Å². The lowest BCUT2D eigenvalue weighted by Gasteiger charge is -2.10. The number of fused-ring (bicyclic) bond motifs is 1. The Morgan fingerprint density at radius 2 is 2.14 bits per heavy atom. The molecule has 0 radical (unpaired) electrons. The van der Waals surface area contributed by atoms with Crippen molar-refractivity contribution in [3.8, 4) is 5.69 Å². The molecule has 2 aromatic heterocycles. The molecule has 28 heavy (non-hydrogen) atoms. The summed E-state index contributed by atoms with van der Waals surface area (Å²) in [5, 5.41) is 9.68. The van der Waals surface area contributed by atoms with Gasteiger partial charge in [0.2, 0.25) is 5.91 Å². The van der Waals surface area contributed by atoms with Gasteiger partial charge in [-0.05, 0) is 25.1 Å². The molecule has 0 saturated carbocycles. The Morgan fingerprint density at radius 3 is 2.82 bits per heavy atom. The standard InChI is InChI=1S/C18H15Cl2N3O4S/c1-2-27-18(26)15-12-9-28-16(21-13(24)6-7-19)14(12)17(25)23(22-15)11-5-3-4-10(20)8-11/h3-5,8-9H,2,6-7H2,1H3,(H,21,24). The minimum atomic E-state index is -0.667. The summed E-state index contributed by atoms with van der Waals surface area (Å²) in [7, 11) is 0. The smallest absolute Gasteiger partial charge is 0.359 e. The van der Waals surface area contributed by atoms with Gasteiger partial charge in [-0.15, -0.1) is 22.9 Å². The van der Waals surface area contributed by atoms with E-state index in [1.54, 1.807) is 36.6 Å². The zero-order valence-corrected chi connectivity index (χ0v) is 17.0. The van der Waals surface area contributed by atoms with Gasteiger partial charge in [-0.2, -0.15) is 9.78 Å². The quantitative estimate of drug-likeness (QED) is 0.465. The molecule has 1 N–H and O–H groups in total. The maximum Gasteiger partial charge on any atom is 0.359 e. The average Bonchev–Trinajstić information content (AvgIpc) is 3.06. The van der Waals surface area contributed by atoms with Crippen LogP contribution in [0.4, 0.5) is 5.00 Å². The summed E-state index contributed by atoms with van der Waals surface area (Å²) in [4.78, 5) is 37.5. The number of thiophene rings is 1. The second-order valence-corrected chi connectivity index (χ2v) is 7.30. The highest BCUT2D eigenvalue weighted by Gasteiger charge is 2.23. The van der Waals surface area contributed by atoms with Crippen LogP contribution >= 0.6 is 34.5 Å². The predicted octanol–water partition coefficient (Wildman–Crippen LogP) is 3.84. The van der Waals surface area contributed by atoms with Crippen molar-refractivity contribution in [2.24, 2.45) is 0 Å². The normalized spacial score (nSPS) is 10.8. The number of esters is 1. The van der Waals surface area contributed by atoms with Crippen LogP contribution in [0.1, 0.15) is 23.8 Å². The molecule has 2 heterocycles. The molecule has 3 aromatic rings. The number of halogens is 2. The fourth-order valence-electron chi connectivity index (χ4n) is 2.55. The number of nitrogens with one attached hydrogen (secondary N) is 1. The van der Waals surface area contributed by atoms with Gasteiger partial charge < -0.3 is 10.1 Å². The summed E-state index contributed by atoms with van der Waals surface area (Å²) in [6.07, 6.45) is 0.0965. The van der Waals surface area contributed by atoms with Gasteiger partial charge in [-0.1, -0.05) is 17.7 Å². The van der Waals surface area contributed by atoms with Gasteiger partial charge in [0.25, 0.3) is 5.56 Å². The third kappa shape index (κ3) is 4.04. The first-order valence-corrected chi connectivity index (χ1v) is 10.1. The topological polar surface area (TPSA) is 90.3 Å². The zero-order valence-electron chi connectivity index (χ0n) is 14.7. The van der Waals surface area contributed by atoms with Crippen molar-refractivity contribution in [2.75, 3.05) is 17.8 Å². The Labute approximate surface area is 173 Å². The maximum atomic E-state index is 13.1. The van der Waals surface area contributed by atoms with Crippen LogP contribution in [-0.4, -0.2) is 34.1 Å². The van der Waals surface area contributed by atoms with E-state index in [-0.39, 0.29) is 35.9 Å². The molecular formula is C18H15Cl2N3O4S. The number of rotatable bonds is 6. The van der Waals surface area contributed by atoms with Gasteiger partial charge >= 0.3 is 5.97 Å². The average molecular weight is 440 g/mol. The second-order valence-electron chi connectivity index (χ2n) is 5.61. The number of carbonyl (C=O) groups is 2. The Bertz CT molecular complexity index is 1110. The third-order valence-corrected chi connectivity index (χ3v) is 5.07. The van der Waals surface area contributed by atoms with Crippen molar-refractivity contribution in [1.82, 2.24) is 9.78 Å². The molecular weight excluding hydrogens is 425 g/mol. The summed E-state index contributed by atoms with van der Waals surface area (Å²) in [5.74, 6) is -0.848. The van der Waals surface area contributed by atoms with E-state index in [0.717, 1.165) is 16.0 Å². The van der Waals surface area contributed by atoms with E-state index in [1.807, 2.05) is 0 Å². The lowest BCUT2D eigenvalue weighted by Crippen LogP contribution is -2.25. The van der Waals surface area contributed by atoms with E-state index in [2.05, 4.69) is 10.4 Å². The number of amides is 1. The van der Waals surface area contributed by atoms with Crippen molar-refractivity contribution < 1.29 is 14.3 Å². The van der Waals surface area contributed by atoms with Gasteiger partial charge in [-0.25, -0.2) is 4.79 Å². The van der Waals surface area contributed by atoms with E-state index in [0.29, 0.717) is 21.1 Å². The van der Waals surface area contributed by atoms with Crippen molar-refractivity contribution in [1.29, 1.82) is 0 Å². The predicted molar refractivity (Wildman–Crippen MR) is 110 cm³/mol. The molecule has 0 saturated heterocycles. The van der Waals surface area contributed by atoms with Gasteiger partial charge in [0.1, 0.15) is 5.00 Å². The lowest BCUT2D eigenvalue weighted by atomic mass is 10.2. The first-order valence-electron chi connectivity index (χ1n) is 8.29. The number of hydrogen-bond acceptors (Lipinski definition) is 6. The molecule has 0 aliphatic carbocycles. The highest BCUT2D eigenvalue weighted by molar-refractivity contribution is 7.16. The second kappa shape index (κ2) is 8.72. The maximum absolute atomic E-state index is 13.1. The Balaban J connectivity index is 2.26. The van der Waals surface area contributed by atoms with Crippen LogP contribution in [-0.2, 0) is 9.53 Å². The number of alkyl halides is 1. The van der Waals surface area contributed by atoms with Crippen molar-refractivity contribution >= 4 is 62.2 Å². The number of benzene rings is 1. The highest BCUT2D eigenvalue weighted by Crippen LogP contribution is 2.31. The van der Waals surface area contributed by atoms with Gasteiger partial charge in [0, 0.05) is 28.1 Å². The summed E-state index contributed by atoms with van der Waals surface area (Å²) in [6, 6.07) is 6.51. The van der Waals surface area contributed by atoms with Crippen LogP contribution in [0.5, 0.6) is 0 Å². The number of ether oxygens (including phenoxy) is 1. The van der Waals surface area contributed by atoms with Crippen LogP contribution in [0.3, 0.4) is 0 Å². The van der Waals surface area contributed by atoms with Crippen molar-refractivity contribution in [3.05, 3.63) is 50.7 Å².